The minimum Gasteiger partial charge on any atom is -0.497 e. The summed E-state index contributed by atoms with van der Waals surface area (Å²) in [6.45, 7) is 0.530. The van der Waals surface area contributed by atoms with E-state index < -0.39 is 5.91 Å². The molecule has 1 aromatic carbocycles. The second-order valence-electron chi connectivity index (χ2n) is 3.61. The maximum atomic E-state index is 11.8. The molecule has 0 bridgehead atoms. The molecule has 6 nitrogen and oxygen atoms in total. The van der Waals surface area contributed by atoms with Crippen LogP contribution in [0, 0.1) is 0 Å². The van der Waals surface area contributed by atoms with E-state index in [-0.39, 0.29) is 6.61 Å². The van der Waals surface area contributed by atoms with Gasteiger partial charge in [0.1, 0.15) is 12.4 Å². The summed E-state index contributed by atoms with van der Waals surface area (Å²) in [6, 6.07) is 6.59. The maximum Gasteiger partial charge on any atom is 0.259 e. The third kappa shape index (κ3) is 4.69. The van der Waals surface area contributed by atoms with Crippen LogP contribution in [0.15, 0.2) is 24.3 Å². The van der Waals surface area contributed by atoms with E-state index in [0.29, 0.717) is 31.1 Å². The van der Waals surface area contributed by atoms with Crippen LogP contribution in [0.4, 0.5) is 5.69 Å². The van der Waals surface area contributed by atoms with Crippen molar-refractivity contribution in [3.05, 3.63) is 24.3 Å². The van der Waals surface area contributed by atoms with Crippen molar-refractivity contribution < 1.29 is 23.8 Å². The molecule has 0 spiro atoms. The first-order valence-electron chi connectivity index (χ1n) is 5.71. The highest BCUT2D eigenvalue weighted by Crippen LogP contribution is 2.18. The highest BCUT2D eigenvalue weighted by atomic mass is 16.5. The largest absolute Gasteiger partial charge is 0.497 e. The van der Waals surface area contributed by atoms with Gasteiger partial charge in [-0.2, -0.15) is 0 Å². The number of nitrogens with zero attached hydrogens (tertiary/aromatic N) is 1. The molecule has 6 heteroatoms. The van der Waals surface area contributed by atoms with Crippen molar-refractivity contribution >= 4 is 18.0 Å². The fraction of sp³-hybridized carbons (Fsp3) is 0.385. The number of carbonyl (C=O) groups is 2. The zero-order valence-corrected chi connectivity index (χ0v) is 11.0. The van der Waals surface area contributed by atoms with Gasteiger partial charge in [-0.25, -0.2) is 0 Å². The molecule has 104 valence electrons. The molecule has 19 heavy (non-hydrogen) atoms. The standard InChI is InChI=1S/C13H17NO5/c1-17-7-8-19-9-13(16)14(10-15)11-3-5-12(18-2)6-4-11/h3-6,10H,7-9H2,1-2H3. The summed E-state index contributed by atoms with van der Waals surface area (Å²) in [7, 11) is 3.08. The lowest BCUT2D eigenvalue weighted by Crippen LogP contribution is -2.33. The first-order chi connectivity index (χ1) is 9.22. The van der Waals surface area contributed by atoms with E-state index in [9.17, 15) is 9.59 Å². The summed E-state index contributed by atoms with van der Waals surface area (Å²) in [6.07, 6.45) is 0.462. The fourth-order valence-corrected chi connectivity index (χ4v) is 1.38. The fourth-order valence-electron chi connectivity index (χ4n) is 1.38. The highest BCUT2D eigenvalue weighted by molar-refractivity contribution is 6.07. The van der Waals surface area contributed by atoms with Gasteiger partial charge in [0, 0.05) is 7.11 Å². The van der Waals surface area contributed by atoms with E-state index in [1.54, 1.807) is 38.5 Å². The molecule has 0 aromatic heterocycles. The smallest absolute Gasteiger partial charge is 0.259 e. The lowest BCUT2D eigenvalue weighted by atomic mass is 10.3. The number of carbonyl (C=O) groups excluding carboxylic acids is 2. The molecule has 0 aliphatic rings. The molecule has 1 rings (SSSR count). The van der Waals surface area contributed by atoms with Crippen molar-refractivity contribution in [1.29, 1.82) is 0 Å². The van der Waals surface area contributed by atoms with E-state index in [2.05, 4.69) is 0 Å². The molecule has 0 saturated carbocycles. The van der Waals surface area contributed by atoms with Gasteiger partial charge in [0.25, 0.3) is 5.91 Å². The van der Waals surface area contributed by atoms with Crippen molar-refractivity contribution in [3.8, 4) is 5.75 Å². The lowest BCUT2D eigenvalue weighted by molar-refractivity contribution is -0.126. The lowest BCUT2D eigenvalue weighted by Gasteiger charge is -2.15. The molecular weight excluding hydrogens is 250 g/mol. The zero-order chi connectivity index (χ0) is 14.1. The van der Waals surface area contributed by atoms with E-state index in [1.165, 1.54) is 0 Å². The van der Waals surface area contributed by atoms with Gasteiger partial charge in [-0.15, -0.1) is 0 Å². The topological polar surface area (TPSA) is 65.1 Å². The Morgan fingerprint density at radius 2 is 1.89 bits per heavy atom. The summed E-state index contributed by atoms with van der Waals surface area (Å²) in [4.78, 5) is 23.8. The number of rotatable bonds is 8. The van der Waals surface area contributed by atoms with Crippen LogP contribution in [0.1, 0.15) is 0 Å². The summed E-state index contributed by atoms with van der Waals surface area (Å²) in [5.41, 5.74) is 0.469. The van der Waals surface area contributed by atoms with Gasteiger partial charge in [-0.05, 0) is 24.3 Å². The van der Waals surface area contributed by atoms with Gasteiger partial charge in [0.05, 0.1) is 26.0 Å². The Balaban J connectivity index is 2.60. The molecule has 0 fully saturated rings. The minimum absolute atomic E-state index is 0.172. The van der Waals surface area contributed by atoms with Gasteiger partial charge in [0.15, 0.2) is 0 Å². The number of benzene rings is 1. The van der Waals surface area contributed by atoms with Crippen LogP contribution >= 0.6 is 0 Å². The average Bonchev–Trinajstić information content (AvgIpc) is 2.45. The Labute approximate surface area is 111 Å². The van der Waals surface area contributed by atoms with Gasteiger partial charge in [-0.3, -0.25) is 14.5 Å². The molecule has 0 aliphatic carbocycles. The minimum atomic E-state index is -0.434. The molecule has 0 radical (unpaired) electrons. The third-order valence-corrected chi connectivity index (χ3v) is 2.38. The molecule has 0 atom stereocenters. The molecular formula is C13H17NO5. The van der Waals surface area contributed by atoms with E-state index in [0.717, 1.165) is 4.90 Å². The Bertz CT molecular complexity index is 404. The average molecular weight is 267 g/mol. The van der Waals surface area contributed by atoms with Crippen LogP contribution in [0.25, 0.3) is 0 Å². The van der Waals surface area contributed by atoms with Crippen molar-refractivity contribution in [2.24, 2.45) is 0 Å². The van der Waals surface area contributed by atoms with Crippen LogP contribution in [-0.2, 0) is 19.1 Å². The number of anilines is 1. The number of hydrogen-bond acceptors (Lipinski definition) is 5. The van der Waals surface area contributed by atoms with Crippen molar-refractivity contribution in [1.82, 2.24) is 0 Å². The van der Waals surface area contributed by atoms with Crippen LogP contribution < -0.4 is 9.64 Å². The molecule has 0 saturated heterocycles. The molecule has 0 N–H and O–H groups in total. The number of imide groups is 1. The van der Waals surface area contributed by atoms with Crippen LogP contribution in [-0.4, -0.2) is 46.4 Å². The third-order valence-electron chi connectivity index (χ3n) is 2.38. The quantitative estimate of drug-likeness (QED) is 0.516. The molecule has 0 aliphatic heterocycles. The maximum absolute atomic E-state index is 11.8. The zero-order valence-electron chi connectivity index (χ0n) is 11.0. The Hall–Kier alpha value is -1.92. The number of methoxy groups -OCH3 is 2. The number of ether oxygens (including phenoxy) is 3. The van der Waals surface area contributed by atoms with Gasteiger partial charge < -0.3 is 14.2 Å². The van der Waals surface area contributed by atoms with E-state index in [4.69, 9.17) is 14.2 Å². The van der Waals surface area contributed by atoms with Crippen LogP contribution in [0.2, 0.25) is 0 Å². The van der Waals surface area contributed by atoms with Gasteiger partial charge in [-0.1, -0.05) is 0 Å². The Kier molecular flexibility index (Phi) is 6.56. The second kappa shape index (κ2) is 8.23. The highest BCUT2D eigenvalue weighted by Gasteiger charge is 2.14. The first-order valence-corrected chi connectivity index (χ1v) is 5.71. The Morgan fingerprint density at radius 1 is 1.21 bits per heavy atom. The molecule has 0 unspecified atom stereocenters. The first kappa shape index (κ1) is 15.1. The van der Waals surface area contributed by atoms with Gasteiger partial charge in [0.2, 0.25) is 6.41 Å². The summed E-state index contributed by atoms with van der Waals surface area (Å²) < 4.78 is 14.9. The summed E-state index contributed by atoms with van der Waals surface area (Å²) in [5, 5.41) is 0. The number of amides is 2. The Morgan fingerprint density at radius 3 is 2.42 bits per heavy atom. The predicted molar refractivity (Wildman–Crippen MR) is 69.2 cm³/mol. The summed E-state index contributed by atoms with van der Waals surface area (Å²) in [5.74, 6) is 0.217. The summed E-state index contributed by atoms with van der Waals surface area (Å²) >= 11 is 0. The molecule has 0 heterocycles. The van der Waals surface area contributed by atoms with Crippen LogP contribution in [0.3, 0.4) is 0 Å². The van der Waals surface area contributed by atoms with Crippen molar-refractivity contribution in [2.75, 3.05) is 38.9 Å². The normalized spacial score (nSPS) is 10.0. The van der Waals surface area contributed by atoms with Crippen molar-refractivity contribution in [2.45, 2.75) is 0 Å². The number of hydrogen-bond donors (Lipinski definition) is 0. The van der Waals surface area contributed by atoms with Crippen molar-refractivity contribution in [3.63, 3.8) is 0 Å². The van der Waals surface area contributed by atoms with E-state index >= 15 is 0 Å². The molecule has 1 aromatic rings. The molecule has 2 amide bonds. The van der Waals surface area contributed by atoms with E-state index in [1.807, 2.05) is 0 Å². The van der Waals surface area contributed by atoms with Gasteiger partial charge >= 0.3 is 0 Å². The van der Waals surface area contributed by atoms with Crippen LogP contribution in [0.5, 0.6) is 5.75 Å². The predicted octanol–water partition coefficient (Wildman–Crippen LogP) is 0.848. The monoisotopic (exact) mass is 267 g/mol. The SMILES string of the molecule is COCCOCC(=O)N(C=O)c1ccc(OC)cc1. The second-order valence-corrected chi connectivity index (χ2v) is 3.61.